The standard InChI is InChI=1S/C14H22FN3O/c1-4-16-7-12-5-6-17-14(13(12)15)18-8-10(2)19-11(3)9-18/h5-6,10-11,16H,4,7-9H2,1-3H3. The Balaban J connectivity index is 2.19. The fourth-order valence-corrected chi connectivity index (χ4v) is 2.44. The van der Waals surface area contributed by atoms with E-state index in [0.29, 0.717) is 31.0 Å². The predicted octanol–water partition coefficient (Wildman–Crippen LogP) is 1.94. The number of nitrogens with zero attached hydrogens (tertiary/aromatic N) is 2. The van der Waals surface area contributed by atoms with Crippen molar-refractivity contribution >= 4 is 5.82 Å². The summed E-state index contributed by atoms with van der Waals surface area (Å²) in [7, 11) is 0. The van der Waals surface area contributed by atoms with Gasteiger partial charge in [0.2, 0.25) is 0 Å². The summed E-state index contributed by atoms with van der Waals surface area (Å²) in [5.74, 6) is 0.224. The van der Waals surface area contributed by atoms with Gasteiger partial charge in [-0.2, -0.15) is 0 Å². The van der Waals surface area contributed by atoms with Crippen LogP contribution in [-0.2, 0) is 11.3 Å². The molecule has 1 aromatic rings. The van der Waals surface area contributed by atoms with Gasteiger partial charge in [-0.05, 0) is 26.5 Å². The van der Waals surface area contributed by atoms with Crippen LogP contribution in [0.5, 0.6) is 0 Å². The molecule has 0 amide bonds. The average molecular weight is 267 g/mol. The number of pyridine rings is 1. The predicted molar refractivity (Wildman–Crippen MR) is 73.8 cm³/mol. The quantitative estimate of drug-likeness (QED) is 0.904. The summed E-state index contributed by atoms with van der Waals surface area (Å²) in [4.78, 5) is 6.18. The zero-order chi connectivity index (χ0) is 13.8. The molecule has 0 bridgehead atoms. The van der Waals surface area contributed by atoms with Crippen molar-refractivity contribution in [1.29, 1.82) is 0 Å². The smallest absolute Gasteiger partial charge is 0.170 e. The Hall–Kier alpha value is -1.20. The summed E-state index contributed by atoms with van der Waals surface area (Å²) in [6.07, 6.45) is 1.88. The van der Waals surface area contributed by atoms with Crippen LogP contribution in [0.4, 0.5) is 10.2 Å². The Morgan fingerprint density at radius 3 is 2.74 bits per heavy atom. The maximum absolute atomic E-state index is 14.4. The molecule has 0 radical (unpaired) electrons. The third kappa shape index (κ3) is 3.42. The Bertz CT molecular complexity index is 417. The minimum atomic E-state index is -0.218. The van der Waals surface area contributed by atoms with Gasteiger partial charge in [0.05, 0.1) is 12.2 Å². The summed E-state index contributed by atoms with van der Waals surface area (Å²) in [6.45, 7) is 8.73. The Labute approximate surface area is 114 Å². The second-order valence-corrected chi connectivity index (χ2v) is 5.05. The van der Waals surface area contributed by atoms with Crippen LogP contribution in [0.1, 0.15) is 26.3 Å². The third-order valence-electron chi connectivity index (χ3n) is 3.24. The lowest BCUT2D eigenvalue weighted by atomic mass is 10.2. The zero-order valence-corrected chi connectivity index (χ0v) is 11.8. The maximum atomic E-state index is 14.4. The highest BCUT2D eigenvalue weighted by Crippen LogP contribution is 2.23. The number of hydrogen-bond acceptors (Lipinski definition) is 4. The molecule has 0 aliphatic carbocycles. The molecule has 0 saturated carbocycles. The molecule has 4 nitrogen and oxygen atoms in total. The van der Waals surface area contributed by atoms with Crippen LogP contribution < -0.4 is 10.2 Å². The second-order valence-electron chi connectivity index (χ2n) is 5.05. The molecule has 1 fully saturated rings. The summed E-state index contributed by atoms with van der Waals surface area (Å²) in [5, 5.41) is 3.14. The molecule has 2 rings (SSSR count). The van der Waals surface area contributed by atoms with Gasteiger partial charge < -0.3 is 15.0 Å². The van der Waals surface area contributed by atoms with Crippen LogP contribution in [0.15, 0.2) is 12.3 Å². The molecule has 106 valence electrons. The van der Waals surface area contributed by atoms with Crippen LogP contribution in [0, 0.1) is 5.82 Å². The molecule has 1 aliphatic heterocycles. The van der Waals surface area contributed by atoms with Crippen LogP contribution in [0.3, 0.4) is 0 Å². The molecule has 0 aromatic carbocycles. The lowest BCUT2D eigenvalue weighted by molar-refractivity contribution is -0.00566. The Morgan fingerprint density at radius 2 is 2.11 bits per heavy atom. The lowest BCUT2D eigenvalue weighted by Gasteiger charge is -2.36. The van der Waals surface area contributed by atoms with E-state index in [1.165, 1.54) is 0 Å². The first kappa shape index (κ1) is 14.2. The van der Waals surface area contributed by atoms with E-state index in [4.69, 9.17) is 4.74 Å². The molecule has 2 unspecified atom stereocenters. The van der Waals surface area contributed by atoms with E-state index in [9.17, 15) is 4.39 Å². The lowest BCUT2D eigenvalue weighted by Crippen LogP contribution is -2.46. The average Bonchev–Trinajstić information content (AvgIpc) is 2.36. The van der Waals surface area contributed by atoms with Crippen LogP contribution in [0.2, 0.25) is 0 Å². The highest BCUT2D eigenvalue weighted by molar-refractivity contribution is 5.43. The molecule has 1 aromatic heterocycles. The first-order valence-electron chi connectivity index (χ1n) is 6.86. The Morgan fingerprint density at radius 1 is 1.42 bits per heavy atom. The summed E-state index contributed by atoms with van der Waals surface area (Å²) in [6, 6.07) is 1.73. The molecule has 2 atom stereocenters. The van der Waals surface area contributed by atoms with Crippen molar-refractivity contribution in [3.63, 3.8) is 0 Å². The number of ether oxygens (including phenoxy) is 1. The van der Waals surface area contributed by atoms with Gasteiger partial charge in [0.15, 0.2) is 11.6 Å². The summed E-state index contributed by atoms with van der Waals surface area (Å²) < 4.78 is 20.1. The molecule has 19 heavy (non-hydrogen) atoms. The molecule has 5 heteroatoms. The van der Waals surface area contributed by atoms with Gasteiger partial charge in [0.1, 0.15) is 0 Å². The molecule has 2 heterocycles. The monoisotopic (exact) mass is 267 g/mol. The van der Waals surface area contributed by atoms with Crippen molar-refractivity contribution in [1.82, 2.24) is 10.3 Å². The molecule has 1 aliphatic rings. The van der Waals surface area contributed by atoms with Gasteiger partial charge >= 0.3 is 0 Å². The maximum Gasteiger partial charge on any atom is 0.170 e. The van der Waals surface area contributed by atoms with E-state index < -0.39 is 0 Å². The number of nitrogens with one attached hydrogen (secondary N) is 1. The topological polar surface area (TPSA) is 37.4 Å². The first-order valence-corrected chi connectivity index (χ1v) is 6.86. The van der Waals surface area contributed by atoms with E-state index in [1.54, 1.807) is 12.3 Å². The van der Waals surface area contributed by atoms with Gasteiger partial charge in [-0.1, -0.05) is 6.92 Å². The molecule has 1 saturated heterocycles. The number of halogens is 1. The zero-order valence-electron chi connectivity index (χ0n) is 11.8. The van der Waals surface area contributed by atoms with Gasteiger partial charge in [-0.3, -0.25) is 0 Å². The van der Waals surface area contributed by atoms with E-state index >= 15 is 0 Å². The van der Waals surface area contributed by atoms with Crippen molar-refractivity contribution in [2.75, 3.05) is 24.5 Å². The van der Waals surface area contributed by atoms with Gasteiger partial charge in [-0.25, -0.2) is 9.37 Å². The second kappa shape index (κ2) is 6.30. The number of aromatic nitrogens is 1. The van der Waals surface area contributed by atoms with Crippen molar-refractivity contribution in [2.45, 2.75) is 39.5 Å². The molecular formula is C14H22FN3O. The fraction of sp³-hybridized carbons (Fsp3) is 0.643. The summed E-state index contributed by atoms with van der Waals surface area (Å²) >= 11 is 0. The molecule has 1 N–H and O–H groups in total. The largest absolute Gasteiger partial charge is 0.372 e. The number of morpholine rings is 1. The van der Waals surface area contributed by atoms with E-state index in [0.717, 1.165) is 6.54 Å². The highest BCUT2D eigenvalue weighted by atomic mass is 19.1. The summed E-state index contributed by atoms with van der Waals surface area (Å²) in [5.41, 5.74) is 0.665. The first-order chi connectivity index (χ1) is 9.11. The normalized spacial score (nSPS) is 23.7. The van der Waals surface area contributed by atoms with Crippen LogP contribution in [0.25, 0.3) is 0 Å². The van der Waals surface area contributed by atoms with Gasteiger partial charge in [0.25, 0.3) is 0 Å². The number of anilines is 1. The molecular weight excluding hydrogens is 245 g/mol. The SMILES string of the molecule is CCNCc1ccnc(N2CC(C)OC(C)C2)c1F. The van der Waals surface area contributed by atoms with E-state index in [1.807, 2.05) is 25.7 Å². The van der Waals surface area contributed by atoms with Crippen LogP contribution in [-0.4, -0.2) is 36.8 Å². The third-order valence-corrected chi connectivity index (χ3v) is 3.24. The molecule has 0 spiro atoms. The minimum Gasteiger partial charge on any atom is -0.372 e. The number of rotatable bonds is 4. The van der Waals surface area contributed by atoms with E-state index in [-0.39, 0.29) is 18.0 Å². The minimum absolute atomic E-state index is 0.0994. The van der Waals surface area contributed by atoms with Crippen molar-refractivity contribution in [2.24, 2.45) is 0 Å². The van der Waals surface area contributed by atoms with E-state index in [2.05, 4.69) is 10.3 Å². The fourth-order valence-electron chi connectivity index (χ4n) is 2.44. The van der Waals surface area contributed by atoms with Crippen molar-refractivity contribution in [3.8, 4) is 0 Å². The number of hydrogen-bond donors (Lipinski definition) is 1. The van der Waals surface area contributed by atoms with Gasteiger partial charge in [-0.15, -0.1) is 0 Å². The highest BCUT2D eigenvalue weighted by Gasteiger charge is 2.25. The van der Waals surface area contributed by atoms with Gasteiger partial charge in [0, 0.05) is 31.4 Å². The Kier molecular flexibility index (Phi) is 4.71. The van der Waals surface area contributed by atoms with Crippen molar-refractivity contribution in [3.05, 3.63) is 23.6 Å². The van der Waals surface area contributed by atoms with Crippen LogP contribution >= 0.6 is 0 Å². The van der Waals surface area contributed by atoms with Crippen molar-refractivity contribution < 1.29 is 9.13 Å².